The van der Waals surface area contributed by atoms with Gasteiger partial charge in [-0.25, -0.2) is 4.79 Å². The van der Waals surface area contributed by atoms with E-state index in [-0.39, 0.29) is 12.8 Å². The summed E-state index contributed by atoms with van der Waals surface area (Å²) in [7, 11) is 0. The number of rotatable bonds is 13. The van der Waals surface area contributed by atoms with Gasteiger partial charge in [0.05, 0.1) is 19.1 Å². The second-order valence-corrected chi connectivity index (χ2v) is 6.96. The number of carboxylic acid groups (broad SMARTS) is 2. The van der Waals surface area contributed by atoms with Gasteiger partial charge in [-0.3, -0.25) is 24.0 Å². The van der Waals surface area contributed by atoms with Crippen LogP contribution in [-0.2, 0) is 28.8 Å². The van der Waals surface area contributed by atoms with E-state index < -0.39 is 72.8 Å². The number of aliphatic hydroxyl groups is 1. The lowest BCUT2D eigenvalue weighted by molar-refractivity contribution is -0.144. The van der Waals surface area contributed by atoms with E-state index in [4.69, 9.17) is 21.1 Å². The molecule has 1 heterocycles. The molecule has 4 amide bonds. The summed E-state index contributed by atoms with van der Waals surface area (Å²) in [5.41, 5.74) is 5.09. The quantitative estimate of drug-likeness (QED) is 0.137. The molecule has 9 N–H and O–H groups in total. The second kappa shape index (κ2) is 12.4. The van der Waals surface area contributed by atoms with Gasteiger partial charge in [0.1, 0.15) is 18.1 Å². The molecule has 0 aliphatic carbocycles. The van der Waals surface area contributed by atoms with Gasteiger partial charge >= 0.3 is 11.9 Å². The van der Waals surface area contributed by atoms with Crippen LogP contribution in [0.4, 0.5) is 0 Å². The molecule has 1 aliphatic rings. The van der Waals surface area contributed by atoms with Crippen molar-refractivity contribution >= 4 is 35.6 Å². The lowest BCUT2D eigenvalue weighted by Gasteiger charge is -2.24. The van der Waals surface area contributed by atoms with Crippen molar-refractivity contribution in [1.29, 1.82) is 0 Å². The van der Waals surface area contributed by atoms with Crippen molar-refractivity contribution in [2.24, 2.45) is 5.73 Å². The molecule has 174 valence electrons. The molecule has 0 spiro atoms. The van der Waals surface area contributed by atoms with Crippen LogP contribution >= 0.6 is 0 Å². The van der Waals surface area contributed by atoms with E-state index in [0.29, 0.717) is 13.0 Å². The van der Waals surface area contributed by atoms with Crippen molar-refractivity contribution in [3.8, 4) is 0 Å². The Morgan fingerprint density at radius 3 is 2.06 bits per heavy atom. The summed E-state index contributed by atoms with van der Waals surface area (Å²) >= 11 is 0. The number of primary amides is 1. The lowest BCUT2D eigenvalue weighted by Crippen LogP contribution is -2.57. The maximum Gasteiger partial charge on any atom is 0.328 e. The fourth-order valence-electron chi connectivity index (χ4n) is 2.85. The highest BCUT2D eigenvalue weighted by atomic mass is 16.4. The summed E-state index contributed by atoms with van der Waals surface area (Å²) in [4.78, 5) is 70.4. The summed E-state index contributed by atoms with van der Waals surface area (Å²) in [6.07, 6.45) is -0.0617. The molecule has 1 saturated heterocycles. The maximum atomic E-state index is 12.7. The Hall–Kier alpha value is -3.26. The molecule has 4 unspecified atom stereocenters. The average molecular weight is 445 g/mol. The third-order valence-corrected chi connectivity index (χ3v) is 4.50. The Balaban J connectivity index is 2.91. The van der Waals surface area contributed by atoms with E-state index in [1.165, 1.54) is 0 Å². The zero-order valence-corrected chi connectivity index (χ0v) is 16.6. The first-order valence-corrected chi connectivity index (χ1v) is 9.53. The van der Waals surface area contributed by atoms with Crippen molar-refractivity contribution in [2.75, 3.05) is 13.2 Å². The Morgan fingerprint density at radius 2 is 1.58 bits per heavy atom. The first-order valence-electron chi connectivity index (χ1n) is 9.53. The minimum absolute atomic E-state index is 0.199. The normalized spacial score (nSPS) is 18.3. The SMILES string of the molecule is NC(=O)CCC(NC(=O)C1CCCN1)C(=O)NC(CC(=O)O)C(=O)NC(CO)C(=O)O. The zero-order chi connectivity index (χ0) is 23.6. The molecule has 4 atom stereocenters. The van der Waals surface area contributed by atoms with E-state index >= 15 is 0 Å². The third kappa shape index (κ3) is 8.96. The number of carbonyl (C=O) groups is 6. The molecule has 14 heteroatoms. The van der Waals surface area contributed by atoms with Gasteiger partial charge in [0.2, 0.25) is 23.6 Å². The topological polar surface area (TPSA) is 237 Å². The van der Waals surface area contributed by atoms with Gasteiger partial charge in [-0.2, -0.15) is 0 Å². The molecule has 14 nitrogen and oxygen atoms in total. The van der Waals surface area contributed by atoms with Crippen LogP contribution in [0.5, 0.6) is 0 Å². The van der Waals surface area contributed by atoms with Crippen molar-refractivity contribution < 1.29 is 44.1 Å². The van der Waals surface area contributed by atoms with Gasteiger partial charge in [0.25, 0.3) is 0 Å². The number of amides is 4. The standard InChI is InChI=1S/C17H27N5O9/c18-12(24)4-3-9(20-14(27)8-2-1-5-19-8)15(28)21-10(6-13(25)26)16(29)22-11(7-23)17(30)31/h8-11,19,23H,1-7H2,(H2,18,24)(H,20,27)(H,21,28)(H,22,29)(H,25,26)(H,30,31). The van der Waals surface area contributed by atoms with E-state index in [1.807, 2.05) is 5.32 Å². The number of aliphatic hydroxyl groups excluding tert-OH is 1. The molecule has 1 rings (SSSR count). The molecule has 0 bridgehead atoms. The number of carboxylic acids is 2. The second-order valence-electron chi connectivity index (χ2n) is 6.96. The maximum absolute atomic E-state index is 12.7. The van der Waals surface area contributed by atoms with Crippen LogP contribution < -0.4 is 27.0 Å². The number of hydrogen-bond donors (Lipinski definition) is 8. The molecule has 0 aromatic carbocycles. The van der Waals surface area contributed by atoms with Crippen molar-refractivity contribution in [3.63, 3.8) is 0 Å². The summed E-state index contributed by atoms with van der Waals surface area (Å²) in [6.45, 7) is -0.340. The van der Waals surface area contributed by atoms with Crippen LogP contribution in [0.15, 0.2) is 0 Å². The van der Waals surface area contributed by atoms with Crippen molar-refractivity contribution in [2.45, 2.75) is 56.3 Å². The third-order valence-electron chi connectivity index (χ3n) is 4.50. The lowest BCUT2D eigenvalue weighted by atomic mass is 10.1. The zero-order valence-electron chi connectivity index (χ0n) is 16.6. The van der Waals surface area contributed by atoms with Crippen LogP contribution in [0.3, 0.4) is 0 Å². The highest BCUT2D eigenvalue weighted by molar-refractivity contribution is 5.95. The monoisotopic (exact) mass is 445 g/mol. The molecule has 31 heavy (non-hydrogen) atoms. The fourth-order valence-corrected chi connectivity index (χ4v) is 2.85. The van der Waals surface area contributed by atoms with Crippen molar-refractivity contribution in [1.82, 2.24) is 21.3 Å². The molecule has 1 fully saturated rings. The summed E-state index contributed by atoms with van der Waals surface area (Å²) < 4.78 is 0. The minimum Gasteiger partial charge on any atom is -0.481 e. The Morgan fingerprint density at radius 1 is 0.968 bits per heavy atom. The molecular weight excluding hydrogens is 418 g/mol. The van der Waals surface area contributed by atoms with Gasteiger partial charge < -0.3 is 42.3 Å². The van der Waals surface area contributed by atoms with Gasteiger partial charge in [-0.05, 0) is 25.8 Å². The molecule has 1 aliphatic heterocycles. The number of nitrogens with one attached hydrogen (secondary N) is 4. The van der Waals surface area contributed by atoms with Crippen LogP contribution in [0.1, 0.15) is 32.1 Å². The minimum atomic E-state index is -1.71. The van der Waals surface area contributed by atoms with E-state index in [2.05, 4.69) is 16.0 Å². The van der Waals surface area contributed by atoms with E-state index in [1.54, 1.807) is 0 Å². The highest BCUT2D eigenvalue weighted by Gasteiger charge is 2.32. The van der Waals surface area contributed by atoms with Crippen LogP contribution in [-0.4, -0.2) is 88.2 Å². The Kier molecular flexibility index (Phi) is 10.3. The first-order chi connectivity index (χ1) is 14.5. The average Bonchev–Trinajstić information content (AvgIpc) is 3.22. The van der Waals surface area contributed by atoms with Crippen LogP contribution in [0.2, 0.25) is 0 Å². The summed E-state index contributed by atoms with van der Waals surface area (Å²) in [5.74, 6) is -6.39. The molecule has 0 aromatic rings. The van der Waals surface area contributed by atoms with Crippen LogP contribution in [0.25, 0.3) is 0 Å². The smallest absolute Gasteiger partial charge is 0.328 e. The first kappa shape index (κ1) is 25.8. The largest absolute Gasteiger partial charge is 0.481 e. The number of hydrogen-bond acceptors (Lipinski definition) is 8. The van der Waals surface area contributed by atoms with Gasteiger partial charge in [0, 0.05) is 6.42 Å². The number of carbonyl (C=O) groups excluding carboxylic acids is 4. The van der Waals surface area contributed by atoms with Gasteiger partial charge in [-0.15, -0.1) is 0 Å². The predicted octanol–water partition coefficient (Wildman–Crippen LogP) is -3.99. The van der Waals surface area contributed by atoms with Crippen molar-refractivity contribution in [3.05, 3.63) is 0 Å². The van der Waals surface area contributed by atoms with Gasteiger partial charge in [0.15, 0.2) is 0 Å². The molecule has 0 aromatic heterocycles. The summed E-state index contributed by atoms with van der Waals surface area (Å²) in [6, 6.07) is -5.24. The van der Waals surface area contributed by atoms with E-state index in [0.717, 1.165) is 6.42 Å². The Bertz CT molecular complexity index is 708. The molecule has 0 radical (unpaired) electrons. The number of aliphatic carboxylic acids is 2. The Labute approximate surface area is 176 Å². The highest BCUT2D eigenvalue weighted by Crippen LogP contribution is 2.07. The molecular formula is C17H27N5O9. The summed E-state index contributed by atoms with van der Waals surface area (Å²) in [5, 5.41) is 36.4. The predicted molar refractivity (Wildman–Crippen MR) is 102 cm³/mol. The van der Waals surface area contributed by atoms with Gasteiger partial charge in [-0.1, -0.05) is 0 Å². The number of nitrogens with two attached hydrogens (primary N) is 1. The fraction of sp³-hybridized carbons (Fsp3) is 0.647. The molecule has 0 saturated carbocycles. The van der Waals surface area contributed by atoms with E-state index in [9.17, 15) is 28.8 Å². The van der Waals surface area contributed by atoms with Crippen LogP contribution in [0, 0.1) is 0 Å².